The van der Waals surface area contributed by atoms with E-state index in [9.17, 15) is 4.79 Å². The first-order valence-electron chi connectivity index (χ1n) is 17.3. The number of benzene rings is 4. The maximum Gasteiger partial charge on any atom is 0.246 e. The molecule has 0 spiro atoms. The van der Waals surface area contributed by atoms with E-state index in [4.69, 9.17) is 31.1 Å². The van der Waals surface area contributed by atoms with Crippen molar-refractivity contribution in [3.63, 3.8) is 0 Å². The molecule has 0 N–H and O–H groups in total. The van der Waals surface area contributed by atoms with Crippen molar-refractivity contribution in [2.75, 3.05) is 32.8 Å². The summed E-state index contributed by atoms with van der Waals surface area (Å²) >= 11 is 5.94. The van der Waals surface area contributed by atoms with Crippen LogP contribution in [0.3, 0.4) is 0 Å². The number of rotatable bonds is 13. The highest BCUT2D eigenvalue weighted by atomic mass is 35.5. The Hall–Kier alpha value is -5.62. The second-order valence-corrected chi connectivity index (χ2v) is 13.3. The van der Waals surface area contributed by atoms with Crippen LogP contribution in [-0.2, 0) is 24.4 Å². The highest BCUT2D eigenvalue weighted by Crippen LogP contribution is 2.30. The van der Waals surface area contributed by atoms with Gasteiger partial charge in [0.05, 0.1) is 24.4 Å². The lowest BCUT2D eigenvalue weighted by Gasteiger charge is -2.34. The lowest BCUT2D eigenvalue weighted by atomic mass is 10.1. The van der Waals surface area contributed by atoms with Crippen LogP contribution in [0.5, 0.6) is 23.1 Å². The van der Waals surface area contributed by atoms with Crippen molar-refractivity contribution in [2.45, 2.75) is 33.4 Å². The van der Waals surface area contributed by atoms with Crippen molar-refractivity contribution in [3.05, 3.63) is 153 Å². The molecule has 1 fully saturated rings. The van der Waals surface area contributed by atoms with Crippen molar-refractivity contribution >= 4 is 23.6 Å². The lowest BCUT2D eigenvalue weighted by molar-refractivity contribution is -0.127. The maximum atomic E-state index is 13.1. The molecule has 9 heteroatoms. The molecule has 0 unspecified atom stereocenters. The number of piperazine rings is 1. The summed E-state index contributed by atoms with van der Waals surface area (Å²) in [6.07, 6.45) is 6.00. The Morgan fingerprint density at radius 2 is 1.48 bits per heavy atom. The fourth-order valence-corrected chi connectivity index (χ4v) is 6.11. The van der Waals surface area contributed by atoms with Crippen LogP contribution < -0.4 is 14.2 Å². The van der Waals surface area contributed by atoms with E-state index in [1.165, 1.54) is 11.1 Å². The molecule has 1 aliphatic heterocycles. The fourth-order valence-electron chi connectivity index (χ4n) is 5.99. The van der Waals surface area contributed by atoms with E-state index in [1.54, 1.807) is 30.5 Å². The zero-order valence-corrected chi connectivity index (χ0v) is 30.2. The first-order chi connectivity index (χ1) is 25.3. The molecular weight excluding hydrogens is 672 g/mol. The molecule has 0 aliphatic carbocycles. The molecule has 8 nitrogen and oxygen atoms in total. The first-order valence-corrected chi connectivity index (χ1v) is 17.7. The van der Waals surface area contributed by atoms with Gasteiger partial charge in [0.1, 0.15) is 23.9 Å². The molecule has 1 saturated heterocycles. The Balaban J connectivity index is 0.931. The van der Waals surface area contributed by atoms with Crippen molar-refractivity contribution < 1.29 is 19.0 Å². The molecule has 52 heavy (non-hydrogen) atoms. The van der Waals surface area contributed by atoms with Gasteiger partial charge in [0, 0.05) is 56.3 Å². The molecule has 0 radical (unpaired) electrons. The molecule has 0 atom stereocenters. The summed E-state index contributed by atoms with van der Waals surface area (Å²) in [4.78, 5) is 21.8. The minimum atomic E-state index is 0.0196. The topological polar surface area (TPSA) is 87.9 Å². The van der Waals surface area contributed by atoms with E-state index < -0.39 is 0 Å². The number of halogens is 1. The Labute approximate surface area is 310 Å². The normalized spacial score (nSPS) is 13.2. The number of carbonyl (C=O) groups is 1. The summed E-state index contributed by atoms with van der Waals surface area (Å²) < 4.78 is 17.8. The summed E-state index contributed by atoms with van der Waals surface area (Å²) in [5.41, 5.74) is 6.91. The third-order valence-electron chi connectivity index (χ3n) is 8.89. The van der Waals surface area contributed by atoms with Crippen molar-refractivity contribution in [1.82, 2.24) is 14.8 Å². The highest BCUT2D eigenvalue weighted by molar-refractivity contribution is 6.30. The molecule has 0 bridgehead atoms. The molecule has 1 aliphatic rings. The zero-order chi connectivity index (χ0) is 36.3. The number of ether oxygens (including phenoxy) is 3. The predicted octanol–water partition coefficient (Wildman–Crippen LogP) is 8.57. The summed E-state index contributed by atoms with van der Waals surface area (Å²) in [5.74, 6) is 2.66. The molecule has 1 aromatic heterocycles. The number of nitrogens with zero attached hydrogens (tertiary/aromatic N) is 4. The van der Waals surface area contributed by atoms with Crippen LogP contribution >= 0.6 is 11.6 Å². The molecule has 4 aromatic carbocycles. The van der Waals surface area contributed by atoms with Gasteiger partial charge in [-0.15, -0.1) is 0 Å². The molecule has 0 saturated carbocycles. The minimum absolute atomic E-state index is 0.0196. The van der Waals surface area contributed by atoms with Crippen LogP contribution in [0.2, 0.25) is 5.02 Å². The standard InChI is InChI=1S/C43H41ClN4O4/c1-31-25-37(26-32(2)43(31)52-41-17-16-40(28-46-41)51-30-36-9-5-34(27-45)6-10-36)11-18-42(49)48-22-20-47(21-23-48)29-35-7-3-33(4-8-35)19-24-50-39-14-12-38(44)13-15-39/h3-18,25-26,28H,19-24,29-30H2,1-2H3. The first kappa shape index (κ1) is 36.2. The number of hydrogen-bond acceptors (Lipinski definition) is 7. The van der Waals surface area contributed by atoms with E-state index in [0.717, 1.165) is 59.8 Å². The Bertz CT molecular complexity index is 1990. The molecule has 5 aromatic rings. The summed E-state index contributed by atoms with van der Waals surface area (Å²) in [6, 6.07) is 33.1. The minimum Gasteiger partial charge on any atom is -0.493 e. The van der Waals surface area contributed by atoms with Gasteiger partial charge in [-0.25, -0.2) is 4.98 Å². The van der Waals surface area contributed by atoms with Crippen LogP contribution in [0.15, 0.2) is 109 Å². The van der Waals surface area contributed by atoms with Gasteiger partial charge < -0.3 is 19.1 Å². The van der Waals surface area contributed by atoms with Gasteiger partial charge in [-0.3, -0.25) is 9.69 Å². The average molecular weight is 713 g/mol. The number of aromatic nitrogens is 1. The van der Waals surface area contributed by atoms with Gasteiger partial charge in [0.2, 0.25) is 11.8 Å². The molecular formula is C43H41ClN4O4. The van der Waals surface area contributed by atoms with E-state index in [2.05, 4.69) is 40.2 Å². The van der Waals surface area contributed by atoms with E-state index in [-0.39, 0.29) is 5.91 Å². The Morgan fingerprint density at radius 3 is 2.13 bits per heavy atom. The maximum absolute atomic E-state index is 13.1. The third-order valence-corrected chi connectivity index (χ3v) is 9.14. The van der Waals surface area contributed by atoms with Crippen molar-refractivity contribution in [1.29, 1.82) is 5.26 Å². The van der Waals surface area contributed by atoms with Gasteiger partial charge in [-0.1, -0.05) is 48.0 Å². The molecule has 264 valence electrons. The quantitative estimate of drug-likeness (QED) is 0.113. The van der Waals surface area contributed by atoms with Gasteiger partial charge >= 0.3 is 0 Å². The highest BCUT2D eigenvalue weighted by Gasteiger charge is 2.20. The van der Waals surface area contributed by atoms with Crippen molar-refractivity contribution in [3.8, 4) is 29.2 Å². The number of amides is 1. The largest absolute Gasteiger partial charge is 0.493 e. The fraction of sp³-hybridized carbons (Fsp3) is 0.233. The van der Waals surface area contributed by atoms with Gasteiger partial charge in [0.15, 0.2) is 0 Å². The van der Waals surface area contributed by atoms with E-state index >= 15 is 0 Å². The summed E-state index contributed by atoms with van der Waals surface area (Å²) in [7, 11) is 0. The van der Waals surface area contributed by atoms with Crippen LogP contribution in [0.1, 0.15) is 38.9 Å². The predicted molar refractivity (Wildman–Crippen MR) is 204 cm³/mol. The van der Waals surface area contributed by atoms with Gasteiger partial charge in [-0.2, -0.15) is 5.26 Å². The molecule has 1 amide bonds. The number of pyridine rings is 1. The zero-order valence-electron chi connectivity index (χ0n) is 29.4. The van der Waals surface area contributed by atoms with E-state index in [1.807, 2.05) is 79.4 Å². The summed E-state index contributed by atoms with van der Waals surface area (Å²) in [6.45, 7) is 8.87. The molecule has 6 rings (SSSR count). The SMILES string of the molecule is Cc1cc(C=CC(=O)N2CCN(Cc3ccc(CCOc4ccc(Cl)cc4)cc3)CC2)cc(C)c1Oc1ccc(OCc2ccc(C#N)cc2)cn1. The number of carbonyl (C=O) groups excluding carboxylic acids is 1. The average Bonchev–Trinajstić information content (AvgIpc) is 3.17. The Morgan fingerprint density at radius 1 is 0.827 bits per heavy atom. The van der Waals surface area contributed by atoms with Crippen LogP contribution in [0, 0.1) is 25.2 Å². The second-order valence-electron chi connectivity index (χ2n) is 12.8. The van der Waals surface area contributed by atoms with Crippen molar-refractivity contribution in [2.24, 2.45) is 0 Å². The number of nitriles is 1. The van der Waals surface area contributed by atoms with Crippen LogP contribution in [0.4, 0.5) is 0 Å². The van der Waals surface area contributed by atoms with Gasteiger partial charge in [0.25, 0.3) is 0 Å². The Kier molecular flexibility index (Phi) is 12.2. The van der Waals surface area contributed by atoms with Gasteiger partial charge in [-0.05, 0) is 108 Å². The summed E-state index contributed by atoms with van der Waals surface area (Å²) in [5, 5.41) is 9.66. The monoisotopic (exact) mass is 712 g/mol. The number of aryl methyl sites for hydroxylation is 2. The lowest BCUT2D eigenvalue weighted by Crippen LogP contribution is -2.47. The smallest absolute Gasteiger partial charge is 0.246 e. The third kappa shape index (κ3) is 10.2. The van der Waals surface area contributed by atoms with Crippen LogP contribution in [-0.4, -0.2) is 53.5 Å². The molecule has 2 heterocycles. The second kappa shape index (κ2) is 17.5. The van der Waals surface area contributed by atoms with Crippen LogP contribution in [0.25, 0.3) is 6.08 Å². The number of hydrogen-bond donors (Lipinski definition) is 0. The van der Waals surface area contributed by atoms with E-state index in [0.29, 0.717) is 48.5 Å².